The van der Waals surface area contributed by atoms with Crippen molar-refractivity contribution in [2.75, 3.05) is 11.9 Å². The first-order chi connectivity index (χ1) is 7.70. The molecule has 2 N–H and O–H groups in total. The van der Waals surface area contributed by atoms with Crippen LogP contribution in [0.3, 0.4) is 0 Å². The molecule has 1 aromatic rings. The fourth-order valence-corrected chi connectivity index (χ4v) is 2.57. The number of anilines is 1. The van der Waals surface area contributed by atoms with Crippen LogP contribution in [0.5, 0.6) is 0 Å². The van der Waals surface area contributed by atoms with Gasteiger partial charge in [0.25, 0.3) is 0 Å². The molecule has 0 bridgehead atoms. The first-order valence-corrected chi connectivity index (χ1v) is 6.40. The van der Waals surface area contributed by atoms with Gasteiger partial charge in [-0.2, -0.15) is 0 Å². The van der Waals surface area contributed by atoms with E-state index in [-0.39, 0.29) is 11.2 Å². The molecule has 1 aliphatic heterocycles. The van der Waals surface area contributed by atoms with Gasteiger partial charge < -0.3 is 10.6 Å². The van der Waals surface area contributed by atoms with Crippen LogP contribution in [-0.2, 0) is 11.3 Å². The average molecular weight is 236 g/mol. The Labute approximate surface area is 100.0 Å². The third-order valence-electron chi connectivity index (χ3n) is 2.55. The number of hydrogen-bond acceptors (Lipinski definition) is 3. The van der Waals surface area contributed by atoms with Crippen LogP contribution in [0.15, 0.2) is 23.1 Å². The highest BCUT2D eigenvalue weighted by Crippen LogP contribution is 2.35. The van der Waals surface area contributed by atoms with Gasteiger partial charge >= 0.3 is 0 Å². The fraction of sp³-hybridized carbons (Fsp3) is 0.417. The molecule has 1 aromatic carbocycles. The van der Waals surface area contributed by atoms with Crippen LogP contribution in [0.25, 0.3) is 0 Å². The molecule has 0 aromatic heterocycles. The van der Waals surface area contributed by atoms with Crippen LogP contribution in [0.2, 0.25) is 0 Å². The van der Waals surface area contributed by atoms with Gasteiger partial charge in [0.1, 0.15) is 0 Å². The number of fused-ring (bicyclic) bond motifs is 1. The molecule has 16 heavy (non-hydrogen) atoms. The van der Waals surface area contributed by atoms with Gasteiger partial charge in [-0.05, 0) is 31.2 Å². The van der Waals surface area contributed by atoms with Crippen molar-refractivity contribution in [3.8, 4) is 0 Å². The van der Waals surface area contributed by atoms with Crippen molar-refractivity contribution in [3.63, 3.8) is 0 Å². The van der Waals surface area contributed by atoms with Crippen LogP contribution in [0.4, 0.5) is 5.69 Å². The number of hydrogen-bond donors (Lipinski definition) is 2. The number of benzene rings is 1. The summed E-state index contributed by atoms with van der Waals surface area (Å²) in [6.45, 7) is 5.81. The van der Waals surface area contributed by atoms with E-state index in [0.717, 1.165) is 23.7 Å². The van der Waals surface area contributed by atoms with Gasteiger partial charge in [0.15, 0.2) is 0 Å². The molecule has 2 rings (SSSR count). The van der Waals surface area contributed by atoms with Crippen molar-refractivity contribution >= 4 is 23.4 Å². The fourth-order valence-electron chi connectivity index (χ4n) is 1.64. The first-order valence-electron chi connectivity index (χ1n) is 5.52. The molecule has 0 saturated heterocycles. The molecule has 0 fully saturated rings. The highest BCUT2D eigenvalue weighted by molar-refractivity contribution is 8.00. The maximum atomic E-state index is 11.5. The predicted molar refractivity (Wildman–Crippen MR) is 67.8 cm³/mol. The summed E-state index contributed by atoms with van der Waals surface area (Å²) in [5.74, 6) is 0.0955. The molecule has 3 nitrogen and oxygen atoms in total. The lowest BCUT2D eigenvalue weighted by Crippen LogP contribution is -2.26. The smallest absolute Gasteiger partial charge is 0.237 e. The van der Waals surface area contributed by atoms with Crippen molar-refractivity contribution < 1.29 is 4.79 Å². The van der Waals surface area contributed by atoms with Crippen LogP contribution in [-0.4, -0.2) is 17.7 Å². The molecule has 1 heterocycles. The molecular formula is C12H16N2OS. The quantitative estimate of drug-likeness (QED) is 0.845. The second kappa shape index (κ2) is 4.89. The molecule has 0 radical (unpaired) electrons. The zero-order chi connectivity index (χ0) is 11.5. The maximum Gasteiger partial charge on any atom is 0.237 e. The lowest BCUT2D eigenvalue weighted by molar-refractivity contribution is -0.115. The molecule has 0 spiro atoms. The second-order valence-electron chi connectivity index (χ2n) is 3.86. The number of rotatable bonds is 3. The van der Waals surface area contributed by atoms with Crippen molar-refractivity contribution in [3.05, 3.63) is 23.8 Å². The monoisotopic (exact) mass is 236 g/mol. The number of carbonyl (C=O) groups is 1. The van der Waals surface area contributed by atoms with Gasteiger partial charge in [-0.3, -0.25) is 4.79 Å². The number of thioether (sulfide) groups is 1. The number of nitrogens with one attached hydrogen (secondary N) is 2. The van der Waals surface area contributed by atoms with Crippen molar-refractivity contribution in [2.24, 2.45) is 0 Å². The maximum absolute atomic E-state index is 11.5. The summed E-state index contributed by atoms with van der Waals surface area (Å²) in [5, 5.41) is 6.22. The zero-order valence-corrected chi connectivity index (χ0v) is 10.4. The Morgan fingerprint density at radius 2 is 2.31 bits per heavy atom. The van der Waals surface area contributed by atoms with E-state index in [2.05, 4.69) is 35.8 Å². The Balaban J connectivity index is 2.19. The third kappa shape index (κ3) is 2.39. The van der Waals surface area contributed by atoms with E-state index in [9.17, 15) is 4.79 Å². The second-order valence-corrected chi connectivity index (χ2v) is 5.24. The molecule has 1 unspecified atom stereocenters. The van der Waals surface area contributed by atoms with E-state index in [1.165, 1.54) is 5.56 Å². The summed E-state index contributed by atoms with van der Waals surface area (Å²) in [5.41, 5.74) is 2.15. The standard InChI is InChI=1S/C12H16N2OS/c1-3-13-7-9-4-5-11-10(6-9)14-12(15)8(2)16-11/h4-6,8,13H,3,7H2,1-2H3,(H,14,15). The summed E-state index contributed by atoms with van der Waals surface area (Å²) in [6.07, 6.45) is 0. The van der Waals surface area contributed by atoms with E-state index >= 15 is 0 Å². The van der Waals surface area contributed by atoms with E-state index < -0.39 is 0 Å². The van der Waals surface area contributed by atoms with Crippen LogP contribution in [0, 0.1) is 0 Å². The van der Waals surface area contributed by atoms with Crippen molar-refractivity contribution in [1.29, 1.82) is 0 Å². The molecule has 4 heteroatoms. The van der Waals surface area contributed by atoms with E-state index in [1.54, 1.807) is 11.8 Å². The van der Waals surface area contributed by atoms with Crippen LogP contribution in [0.1, 0.15) is 19.4 Å². The first kappa shape index (κ1) is 11.5. The Kier molecular flexibility index (Phi) is 3.51. The Bertz CT molecular complexity index is 406. The van der Waals surface area contributed by atoms with Gasteiger partial charge in [-0.25, -0.2) is 0 Å². The van der Waals surface area contributed by atoms with Crippen molar-refractivity contribution in [1.82, 2.24) is 5.32 Å². The highest BCUT2D eigenvalue weighted by Gasteiger charge is 2.22. The third-order valence-corrected chi connectivity index (χ3v) is 3.73. The summed E-state index contributed by atoms with van der Waals surface area (Å²) in [6, 6.07) is 6.25. The Morgan fingerprint density at radius 3 is 3.06 bits per heavy atom. The van der Waals surface area contributed by atoms with Gasteiger partial charge in [-0.15, -0.1) is 11.8 Å². The molecule has 0 saturated carbocycles. The predicted octanol–water partition coefficient (Wildman–Crippen LogP) is 2.23. The summed E-state index contributed by atoms with van der Waals surface area (Å²) < 4.78 is 0. The van der Waals surface area contributed by atoms with Gasteiger partial charge in [0.2, 0.25) is 5.91 Å². The minimum Gasteiger partial charge on any atom is -0.324 e. The zero-order valence-electron chi connectivity index (χ0n) is 9.54. The van der Waals surface area contributed by atoms with Gasteiger partial charge in [0, 0.05) is 11.4 Å². The number of carbonyl (C=O) groups excluding carboxylic acids is 1. The van der Waals surface area contributed by atoms with Crippen molar-refractivity contribution in [2.45, 2.75) is 30.5 Å². The summed E-state index contributed by atoms with van der Waals surface area (Å²) >= 11 is 1.62. The average Bonchev–Trinajstić information content (AvgIpc) is 2.28. The molecule has 86 valence electrons. The van der Waals surface area contributed by atoms with E-state index in [1.807, 2.05) is 6.92 Å². The van der Waals surface area contributed by atoms with Gasteiger partial charge in [-0.1, -0.05) is 13.0 Å². The minimum atomic E-state index is 0.00659. The van der Waals surface area contributed by atoms with Gasteiger partial charge in [0.05, 0.1) is 10.9 Å². The Hall–Kier alpha value is -1.000. The normalized spacial score (nSPS) is 19.1. The van der Waals surface area contributed by atoms with E-state index in [4.69, 9.17) is 0 Å². The summed E-state index contributed by atoms with van der Waals surface area (Å²) in [4.78, 5) is 12.7. The minimum absolute atomic E-state index is 0.00659. The topological polar surface area (TPSA) is 41.1 Å². The Morgan fingerprint density at radius 1 is 1.50 bits per heavy atom. The number of amides is 1. The lowest BCUT2D eigenvalue weighted by Gasteiger charge is -2.21. The molecule has 1 aliphatic rings. The molecular weight excluding hydrogens is 220 g/mol. The molecule has 1 atom stereocenters. The molecule has 1 amide bonds. The lowest BCUT2D eigenvalue weighted by atomic mass is 10.2. The molecule has 0 aliphatic carbocycles. The summed E-state index contributed by atoms with van der Waals surface area (Å²) in [7, 11) is 0. The largest absolute Gasteiger partial charge is 0.324 e. The highest BCUT2D eigenvalue weighted by atomic mass is 32.2. The SMILES string of the molecule is CCNCc1ccc2c(c1)NC(=O)C(C)S2. The van der Waals surface area contributed by atoms with Crippen LogP contribution < -0.4 is 10.6 Å². The van der Waals surface area contributed by atoms with Crippen LogP contribution >= 0.6 is 11.8 Å². The van der Waals surface area contributed by atoms with E-state index in [0.29, 0.717) is 0 Å².